The topological polar surface area (TPSA) is 26.3 Å². The number of carbonyl (C=O) groups excluding carboxylic acids is 1. The lowest BCUT2D eigenvalue weighted by Crippen LogP contribution is -2.14. The summed E-state index contributed by atoms with van der Waals surface area (Å²) in [5.41, 5.74) is -0.464. The molecule has 0 N–H and O–H groups in total. The van der Waals surface area contributed by atoms with Crippen molar-refractivity contribution in [3.63, 3.8) is 0 Å². The highest BCUT2D eigenvalue weighted by atomic mass is 127. The monoisotopic (exact) mass is 326 g/mol. The molecule has 0 aromatic rings. The van der Waals surface area contributed by atoms with Gasteiger partial charge < -0.3 is 4.74 Å². The van der Waals surface area contributed by atoms with Crippen molar-refractivity contribution in [1.82, 2.24) is 0 Å². The maximum absolute atomic E-state index is 11.0. The Labute approximate surface area is 100 Å². The van der Waals surface area contributed by atoms with Gasteiger partial charge in [0.05, 0.1) is 6.61 Å². The van der Waals surface area contributed by atoms with E-state index in [2.05, 4.69) is 41.5 Å². The fraction of sp³-hybridized carbons (Fsp3) is 0.700. The number of hydrogen-bond acceptors (Lipinski definition) is 2. The van der Waals surface area contributed by atoms with E-state index in [4.69, 9.17) is 4.74 Å². The summed E-state index contributed by atoms with van der Waals surface area (Å²) >= 11 is 2.57. The second-order valence-electron chi connectivity index (χ2n) is 4.09. The van der Waals surface area contributed by atoms with Gasteiger partial charge in [-0.25, -0.2) is 4.79 Å². The summed E-state index contributed by atoms with van der Waals surface area (Å²) < 4.78 is 4.99. The third-order valence-corrected chi connectivity index (χ3v) is 4.91. The summed E-state index contributed by atoms with van der Waals surface area (Å²) in [4.78, 5) is 11.0. The molecule has 0 radical (unpaired) electrons. The first-order valence-electron chi connectivity index (χ1n) is 4.84. The highest BCUT2D eigenvalue weighted by molar-refractivity contribution is 14.1. The molecule has 0 aliphatic rings. The Morgan fingerprint density at radius 2 is 2.00 bits per heavy atom. The molecule has 14 heavy (non-hydrogen) atoms. The summed E-state index contributed by atoms with van der Waals surface area (Å²) in [7, 11) is 0. The van der Waals surface area contributed by atoms with Crippen LogP contribution in [-0.2, 0) is 9.53 Å². The predicted molar refractivity (Wildman–Crippen MR) is 71.3 cm³/mol. The number of rotatable bonds is 6. The molecule has 0 aliphatic heterocycles. The fourth-order valence-electron chi connectivity index (χ4n) is 0.935. The number of unbranched alkanes of at least 4 members (excludes halogenated alkanes) is 1. The minimum atomic E-state index is -0.944. The molecule has 0 aromatic carbocycles. The molecule has 0 saturated heterocycles. The van der Waals surface area contributed by atoms with Gasteiger partial charge >= 0.3 is 5.97 Å². The number of hydrogen-bond donors (Lipinski definition) is 0. The molecule has 4 heteroatoms. The van der Waals surface area contributed by atoms with E-state index in [1.54, 1.807) is 6.92 Å². The van der Waals surface area contributed by atoms with Crippen molar-refractivity contribution in [2.75, 3.05) is 6.61 Å². The van der Waals surface area contributed by atoms with E-state index in [0.717, 1.165) is 12.8 Å². The van der Waals surface area contributed by atoms with Crippen LogP contribution in [-0.4, -0.2) is 18.1 Å². The molecule has 0 aliphatic carbocycles. The molecular formula is C10H19IO2Si. The van der Waals surface area contributed by atoms with Gasteiger partial charge in [0.1, 0.15) is 5.57 Å². The summed E-state index contributed by atoms with van der Waals surface area (Å²) in [6.45, 7) is 10.4. The van der Waals surface area contributed by atoms with Gasteiger partial charge in [-0.05, 0) is 19.4 Å². The molecule has 2 nitrogen and oxygen atoms in total. The minimum Gasteiger partial charge on any atom is -0.462 e. The molecule has 0 fully saturated rings. The summed E-state index contributed by atoms with van der Waals surface area (Å²) in [6, 6.07) is 1.29. The first kappa shape index (κ1) is 14.2. The third kappa shape index (κ3) is 8.74. The standard InChI is InChI=1S/C10H19IO2Si/c1-9(2)10(12)13-7-5-6-8-14(3,4)11/h1,5-8H2,2-4H3. The van der Waals surface area contributed by atoms with Crippen LogP contribution in [0.25, 0.3) is 0 Å². The SMILES string of the molecule is C=C(C)C(=O)OCCCC[Si](C)(C)I. The Morgan fingerprint density at radius 3 is 2.43 bits per heavy atom. The van der Waals surface area contributed by atoms with Gasteiger partial charge in [0.2, 0.25) is 0 Å². The summed E-state index contributed by atoms with van der Waals surface area (Å²) in [5.74, 6) is -0.268. The Kier molecular flexibility index (Phi) is 6.68. The first-order valence-corrected chi connectivity index (χ1v) is 11.2. The second kappa shape index (κ2) is 6.61. The average molecular weight is 326 g/mol. The number of carbonyl (C=O) groups is 1. The third-order valence-electron chi connectivity index (χ3n) is 1.75. The van der Waals surface area contributed by atoms with Crippen molar-refractivity contribution in [3.05, 3.63) is 12.2 Å². The quantitative estimate of drug-likeness (QED) is 0.186. The van der Waals surface area contributed by atoms with Gasteiger partial charge in [-0.1, -0.05) is 26.1 Å². The van der Waals surface area contributed by atoms with E-state index in [1.165, 1.54) is 6.04 Å². The number of halogens is 1. The molecule has 0 saturated carbocycles. The highest BCUT2D eigenvalue weighted by Crippen LogP contribution is 2.20. The number of ether oxygens (including phenoxy) is 1. The molecule has 82 valence electrons. The molecular weight excluding hydrogens is 307 g/mol. The van der Waals surface area contributed by atoms with Crippen LogP contribution < -0.4 is 0 Å². The van der Waals surface area contributed by atoms with Crippen LogP contribution >= 0.6 is 21.8 Å². The van der Waals surface area contributed by atoms with Crippen LogP contribution in [0.3, 0.4) is 0 Å². The maximum atomic E-state index is 11.0. The minimum absolute atomic E-state index is 0.268. The van der Waals surface area contributed by atoms with Crippen LogP contribution in [0.4, 0.5) is 0 Å². The molecule has 0 amide bonds. The zero-order valence-corrected chi connectivity index (χ0v) is 12.4. The van der Waals surface area contributed by atoms with Gasteiger partial charge in [0, 0.05) is 5.57 Å². The molecule has 0 atom stereocenters. The molecule has 0 unspecified atom stereocenters. The second-order valence-corrected chi connectivity index (χ2v) is 16.8. The van der Waals surface area contributed by atoms with Gasteiger partial charge in [0.15, 0.2) is 0 Å². The van der Waals surface area contributed by atoms with E-state index in [0.29, 0.717) is 12.2 Å². The van der Waals surface area contributed by atoms with E-state index >= 15 is 0 Å². The van der Waals surface area contributed by atoms with Crippen LogP contribution in [0.2, 0.25) is 19.1 Å². The zero-order valence-electron chi connectivity index (χ0n) is 9.23. The Bertz CT molecular complexity index is 209. The molecule has 0 spiro atoms. The van der Waals surface area contributed by atoms with Crippen molar-refractivity contribution in [1.29, 1.82) is 0 Å². The normalized spacial score (nSPS) is 11.1. The van der Waals surface area contributed by atoms with E-state index in [1.807, 2.05) is 0 Å². The molecule has 0 bridgehead atoms. The molecule has 0 rings (SSSR count). The lowest BCUT2D eigenvalue weighted by atomic mass is 10.3. The first-order chi connectivity index (χ1) is 6.33. The lowest BCUT2D eigenvalue weighted by Gasteiger charge is -2.12. The van der Waals surface area contributed by atoms with E-state index in [9.17, 15) is 4.79 Å². The van der Waals surface area contributed by atoms with Crippen molar-refractivity contribution < 1.29 is 9.53 Å². The van der Waals surface area contributed by atoms with Crippen LogP contribution in [0, 0.1) is 0 Å². The predicted octanol–water partition coefficient (Wildman–Crippen LogP) is 3.53. The number of esters is 1. The zero-order chi connectivity index (χ0) is 11.2. The lowest BCUT2D eigenvalue weighted by molar-refractivity contribution is -0.139. The Morgan fingerprint density at radius 1 is 1.43 bits per heavy atom. The molecule has 0 aromatic heterocycles. The highest BCUT2D eigenvalue weighted by Gasteiger charge is 2.14. The van der Waals surface area contributed by atoms with Crippen molar-refractivity contribution in [2.24, 2.45) is 0 Å². The van der Waals surface area contributed by atoms with Gasteiger partial charge in [-0.3, -0.25) is 0 Å². The Hall–Kier alpha value is 0.157. The summed E-state index contributed by atoms with van der Waals surface area (Å²) in [6.07, 6.45) is 2.13. The van der Waals surface area contributed by atoms with Gasteiger partial charge in [0.25, 0.3) is 0 Å². The van der Waals surface area contributed by atoms with Crippen molar-refractivity contribution >= 4 is 33.3 Å². The fourth-order valence-corrected chi connectivity index (χ4v) is 3.17. The molecule has 0 heterocycles. The average Bonchev–Trinajstić information content (AvgIpc) is 2.01. The smallest absolute Gasteiger partial charge is 0.333 e. The van der Waals surface area contributed by atoms with Crippen LogP contribution in [0.1, 0.15) is 19.8 Å². The Balaban J connectivity index is 3.39. The van der Waals surface area contributed by atoms with E-state index < -0.39 is 5.57 Å². The van der Waals surface area contributed by atoms with Crippen LogP contribution in [0.15, 0.2) is 12.2 Å². The van der Waals surface area contributed by atoms with Gasteiger partial charge in [-0.2, -0.15) is 0 Å². The van der Waals surface area contributed by atoms with E-state index in [-0.39, 0.29) is 5.97 Å². The van der Waals surface area contributed by atoms with Crippen LogP contribution in [0.5, 0.6) is 0 Å². The maximum Gasteiger partial charge on any atom is 0.333 e. The van der Waals surface area contributed by atoms with Crippen molar-refractivity contribution in [2.45, 2.75) is 38.9 Å². The largest absolute Gasteiger partial charge is 0.462 e. The summed E-state index contributed by atoms with van der Waals surface area (Å²) in [5, 5.41) is 0. The van der Waals surface area contributed by atoms with Crippen molar-refractivity contribution in [3.8, 4) is 0 Å². The van der Waals surface area contributed by atoms with Gasteiger partial charge in [-0.15, -0.1) is 21.8 Å².